The Kier molecular flexibility index (Phi) is 6.84. The van der Waals surface area contributed by atoms with Gasteiger partial charge in [0.05, 0.1) is 5.39 Å². The van der Waals surface area contributed by atoms with Crippen molar-refractivity contribution in [3.05, 3.63) is 88.5 Å². The summed E-state index contributed by atoms with van der Waals surface area (Å²) in [6.45, 7) is 1.83. The molecule has 0 aliphatic rings. The standard InChI is InChI=1S/C25H26N6O3/c1-30(2)15-14-27-24(32)20-11-9-19(10-12-20)18-7-5-17(6-8-18)16-28-22-21-4-3-13-26-23(21)31(34)25(33)29-22/h3-13,34H,14-16H2,1-2H3,(H,27,32)(H,28,29,33). The smallest absolute Gasteiger partial charge is 0.384 e. The zero-order chi connectivity index (χ0) is 24.1. The van der Waals surface area contributed by atoms with Crippen molar-refractivity contribution in [2.24, 2.45) is 0 Å². The van der Waals surface area contributed by atoms with E-state index in [1.807, 2.05) is 67.5 Å². The number of nitrogens with one attached hydrogen (secondary N) is 2. The largest absolute Gasteiger partial charge is 0.422 e. The van der Waals surface area contributed by atoms with Gasteiger partial charge in [-0.2, -0.15) is 4.98 Å². The van der Waals surface area contributed by atoms with Crippen LogP contribution < -0.4 is 16.3 Å². The molecule has 0 unspecified atom stereocenters. The van der Waals surface area contributed by atoms with Crippen LogP contribution in [0.15, 0.2) is 71.7 Å². The van der Waals surface area contributed by atoms with E-state index in [-0.39, 0.29) is 11.6 Å². The van der Waals surface area contributed by atoms with Crippen LogP contribution in [-0.4, -0.2) is 57.9 Å². The molecular formula is C25H26N6O3. The Bertz CT molecular complexity index is 1350. The van der Waals surface area contributed by atoms with E-state index in [9.17, 15) is 14.8 Å². The van der Waals surface area contributed by atoms with Gasteiger partial charge < -0.3 is 20.7 Å². The number of fused-ring (bicyclic) bond motifs is 1. The van der Waals surface area contributed by atoms with Crippen LogP contribution in [0.2, 0.25) is 0 Å². The molecule has 2 aromatic carbocycles. The molecule has 4 aromatic rings. The molecular weight excluding hydrogens is 432 g/mol. The quantitative estimate of drug-likeness (QED) is 0.348. The number of nitrogens with zero attached hydrogens (tertiary/aromatic N) is 4. The number of rotatable bonds is 8. The van der Waals surface area contributed by atoms with Gasteiger partial charge in [-0.3, -0.25) is 4.79 Å². The third-order valence-electron chi connectivity index (χ3n) is 5.37. The molecule has 9 nitrogen and oxygen atoms in total. The molecule has 0 spiro atoms. The summed E-state index contributed by atoms with van der Waals surface area (Å²) >= 11 is 0. The topological polar surface area (TPSA) is 112 Å². The van der Waals surface area contributed by atoms with E-state index in [0.29, 0.717) is 34.6 Å². The van der Waals surface area contributed by atoms with Crippen LogP contribution in [0.4, 0.5) is 5.82 Å². The number of hydrogen-bond donors (Lipinski definition) is 3. The fourth-order valence-electron chi connectivity index (χ4n) is 3.49. The molecule has 2 heterocycles. The summed E-state index contributed by atoms with van der Waals surface area (Å²) in [4.78, 5) is 34.1. The maximum Gasteiger partial charge on any atom is 0.384 e. The SMILES string of the molecule is CN(C)CCNC(=O)c1ccc(-c2ccc(CNc3nc(=O)n(O)c4ncccc34)cc2)cc1. The Morgan fingerprint density at radius 2 is 1.71 bits per heavy atom. The van der Waals surface area contributed by atoms with E-state index < -0.39 is 5.69 Å². The first-order valence-corrected chi connectivity index (χ1v) is 10.9. The van der Waals surface area contributed by atoms with Gasteiger partial charge in [-0.15, -0.1) is 4.73 Å². The molecule has 0 radical (unpaired) electrons. The second-order valence-electron chi connectivity index (χ2n) is 8.12. The molecule has 0 bridgehead atoms. The highest BCUT2D eigenvalue weighted by molar-refractivity contribution is 5.94. The van der Waals surface area contributed by atoms with Gasteiger partial charge in [0.25, 0.3) is 5.91 Å². The van der Waals surface area contributed by atoms with Gasteiger partial charge >= 0.3 is 5.69 Å². The van der Waals surface area contributed by atoms with Crippen molar-refractivity contribution in [3.63, 3.8) is 0 Å². The van der Waals surface area contributed by atoms with Crippen molar-refractivity contribution in [3.8, 4) is 11.1 Å². The maximum absolute atomic E-state index is 12.2. The van der Waals surface area contributed by atoms with E-state index in [0.717, 1.165) is 23.2 Å². The fourth-order valence-corrected chi connectivity index (χ4v) is 3.49. The minimum absolute atomic E-state index is 0.0833. The summed E-state index contributed by atoms with van der Waals surface area (Å²) in [5.41, 5.74) is 3.01. The molecule has 2 aromatic heterocycles. The zero-order valence-corrected chi connectivity index (χ0v) is 19.0. The van der Waals surface area contributed by atoms with Crippen molar-refractivity contribution in [1.82, 2.24) is 24.9 Å². The highest BCUT2D eigenvalue weighted by Crippen LogP contribution is 2.22. The molecule has 0 saturated heterocycles. The first-order chi connectivity index (χ1) is 16.4. The average Bonchev–Trinajstić information content (AvgIpc) is 2.85. The number of likely N-dealkylation sites (N-methyl/N-ethyl adjacent to an activating group) is 1. The van der Waals surface area contributed by atoms with Crippen molar-refractivity contribution >= 4 is 22.8 Å². The molecule has 4 rings (SSSR count). The maximum atomic E-state index is 12.2. The number of hydrogen-bond acceptors (Lipinski definition) is 7. The molecule has 34 heavy (non-hydrogen) atoms. The van der Waals surface area contributed by atoms with Crippen LogP contribution in [-0.2, 0) is 6.54 Å². The Morgan fingerprint density at radius 3 is 2.38 bits per heavy atom. The van der Waals surface area contributed by atoms with Crippen molar-refractivity contribution < 1.29 is 10.0 Å². The van der Waals surface area contributed by atoms with Crippen LogP contribution in [0.25, 0.3) is 22.2 Å². The highest BCUT2D eigenvalue weighted by atomic mass is 16.5. The van der Waals surface area contributed by atoms with Crippen LogP contribution in [0.3, 0.4) is 0 Å². The Labute approximate surface area is 196 Å². The zero-order valence-electron chi connectivity index (χ0n) is 19.0. The van der Waals surface area contributed by atoms with Gasteiger partial charge in [0.1, 0.15) is 5.82 Å². The lowest BCUT2D eigenvalue weighted by Gasteiger charge is -2.11. The minimum Gasteiger partial charge on any atom is -0.422 e. The van der Waals surface area contributed by atoms with Crippen molar-refractivity contribution in [1.29, 1.82) is 0 Å². The van der Waals surface area contributed by atoms with Crippen molar-refractivity contribution in [2.45, 2.75) is 6.54 Å². The average molecular weight is 459 g/mol. The summed E-state index contributed by atoms with van der Waals surface area (Å²) in [5.74, 6) is 0.280. The summed E-state index contributed by atoms with van der Waals surface area (Å²) in [6, 6.07) is 18.9. The number of aromatic nitrogens is 3. The van der Waals surface area contributed by atoms with Gasteiger partial charge in [0, 0.05) is 31.4 Å². The van der Waals surface area contributed by atoms with E-state index >= 15 is 0 Å². The van der Waals surface area contributed by atoms with Gasteiger partial charge in [0.2, 0.25) is 0 Å². The number of benzene rings is 2. The first-order valence-electron chi connectivity index (χ1n) is 10.9. The van der Waals surface area contributed by atoms with E-state index in [2.05, 4.69) is 20.6 Å². The molecule has 0 aliphatic heterocycles. The highest BCUT2D eigenvalue weighted by Gasteiger charge is 2.10. The Balaban J connectivity index is 1.41. The van der Waals surface area contributed by atoms with Gasteiger partial charge in [-0.05, 0) is 55.1 Å². The number of pyridine rings is 1. The normalized spacial score (nSPS) is 11.0. The second-order valence-corrected chi connectivity index (χ2v) is 8.12. The van der Waals surface area contributed by atoms with Crippen LogP contribution >= 0.6 is 0 Å². The Hall–Kier alpha value is -4.24. The summed E-state index contributed by atoms with van der Waals surface area (Å²) < 4.78 is 0.439. The summed E-state index contributed by atoms with van der Waals surface area (Å²) in [7, 11) is 3.93. The predicted octanol–water partition coefficient (Wildman–Crippen LogP) is 2.60. The van der Waals surface area contributed by atoms with Crippen LogP contribution in [0.5, 0.6) is 0 Å². The molecule has 0 fully saturated rings. The van der Waals surface area contributed by atoms with Crippen LogP contribution in [0.1, 0.15) is 15.9 Å². The van der Waals surface area contributed by atoms with Crippen LogP contribution in [0, 0.1) is 0 Å². The molecule has 1 amide bonds. The van der Waals surface area contributed by atoms with Gasteiger partial charge in [-0.25, -0.2) is 9.78 Å². The number of carbonyl (C=O) groups is 1. The minimum atomic E-state index is -0.793. The van der Waals surface area contributed by atoms with Crippen molar-refractivity contribution in [2.75, 3.05) is 32.5 Å². The van der Waals surface area contributed by atoms with Gasteiger partial charge in [0.15, 0.2) is 5.65 Å². The number of carbonyl (C=O) groups excluding carboxylic acids is 1. The number of anilines is 1. The molecule has 174 valence electrons. The molecule has 9 heteroatoms. The lowest BCUT2D eigenvalue weighted by atomic mass is 10.0. The number of amides is 1. The lowest BCUT2D eigenvalue weighted by Crippen LogP contribution is -2.31. The molecule has 0 saturated carbocycles. The lowest BCUT2D eigenvalue weighted by molar-refractivity contribution is 0.0951. The summed E-state index contributed by atoms with van der Waals surface area (Å²) in [6.07, 6.45) is 1.50. The summed E-state index contributed by atoms with van der Waals surface area (Å²) in [5, 5.41) is 16.5. The van der Waals surface area contributed by atoms with Gasteiger partial charge in [-0.1, -0.05) is 36.4 Å². The first kappa shape index (κ1) is 22.9. The second kappa shape index (κ2) is 10.1. The van der Waals surface area contributed by atoms with E-state index in [1.165, 1.54) is 6.20 Å². The monoisotopic (exact) mass is 458 g/mol. The third-order valence-corrected chi connectivity index (χ3v) is 5.37. The molecule has 0 atom stereocenters. The van der Waals surface area contributed by atoms with E-state index in [4.69, 9.17) is 0 Å². The molecule has 0 aliphatic carbocycles. The predicted molar refractivity (Wildman–Crippen MR) is 131 cm³/mol. The van der Waals surface area contributed by atoms with E-state index in [1.54, 1.807) is 12.1 Å². The molecule has 3 N–H and O–H groups in total. The third kappa shape index (κ3) is 5.21. The Morgan fingerprint density at radius 1 is 1.03 bits per heavy atom. The fraction of sp³-hybridized carbons (Fsp3) is 0.200.